The highest BCUT2D eigenvalue weighted by molar-refractivity contribution is 6.23. The molecule has 2 aromatic heterocycles. The molecule has 0 bridgehead atoms. The quantitative estimate of drug-likeness (QED) is 0.473. The molecule has 0 aliphatic heterocycles. The van der Waals surface area contributed by atoms with E-state index in [0.717, 1.165) is 28.6 Å². The smallest absolute Gasteiger partial charge is 0.144 e. The Morgan fingerprint density at radius 1 is 1.22 bits per heavy atom. The molecule has 3 nitrogen and oxygen atoms in total. The number of benzene rings is 2. The fourth-order valence-electron chi connectivity index (χ4n) is 4.47. The van der Waals surface area contributed by atoms with E-state index in [1.807, 2.05) is 12.6 Å². The van der Waals surface area contributed by atoms with Crippen LogP contribution in [-0.4, -0.2) is 9.97 Å². The Balaban J connectivity index is 2.08. The van der Waals surface area contributed by atoms with Crippen molar-refractivity contribution in [1.29, 1.82) is 0 Å². The van der Waals surface area contributed by atoms with Crippen LogP contribution < -0.4 is 0 Å². The molecule has 23 heavy (non-hydrogen) atoms. The van der Waals surface area contributed by atoms with Crippen LogP contribution in [0.15, 0.2) is 29.1 Å². The van der Waals surface area contributed by atoms with E-state index in [1.165, 1.54) is 40.1 Å². The van der Waals surface area contributed by atoms with E-state index in [9.17, 15) is 0 Å². The van der Waals surface area contributed by atoms with E-state index in [-0.39, 0.29) is 5.41 Å². The zero-order chi connectivity index (χ0) is 15.8. The van der Waals surface area contributed by atoms with E-state index in [0.29, 0.717) is 0 Å². The van der Waals surface area contributed by atoms with Crippen molar-refractivity contribution in [3.05, 3.63) is 41.4 Å². The molecule has 1 N–H and O–H groups in total. The Morgan fingerprint density at radius 2 is 2.09 bits per heavy atom. The Bertz CT molecular complexity index is 1080. The lowest BCUT2D eigenvalue weighted by Gasteiger charge is -2.33. The predicted molar refractivity (Wildman–Crippen MR) is 94.1 cm³/mol. The number of nitrogens with one attached hydrogen (secondary N) is 1. The summed E-state index contributed by atoms with van der Waals surface area (Å²) >= 11 is 0. The Hall–Kier alpha value is -2.29. The molecule has 2 heterocycles. The molecule has 0 saturated heterocycles. The normalized spacial score (nSPS) is 17.2. The highest BCUT2D eigenvalue weighted by Gasteiger charge is 2.30. The number of hydrogen-bond donors (Lipinski definition) is 1. The molecule has 0 unspecified atom stereocenters. The number of H-pyrrole nitrogens is 1. The number of nitrogens with zero attached hydrogens (tertiary/aromatic N) is 1. The molecule has 4 aromatic rings. The minimum Gasteiger partial charge on any atom is -0.463 e. The molecule has 1 aliphatic rings. The van der Waals surface area contributed by atoms with Crippen molar-refractivity contribution in [2.75, 3.05) is 0 Å². The van der Waals surface area contributed by atoms with Crippen molar-refractivity contribution in [3.63, 3.8) is 0 Å². The number of aromatic amines is 1. The second kappa shape index (κ2) is 4.16. The molecule has 1 aliphatic carbocycles. The number of fused-ring (bicyclic) bond motifs is 8. The Kier molecular flexibility index (Phi) is 2.39. The molecule has 0 amide bonds. The van der Waals surface area contributed by atoms with Gasteiger partial charge in [-0.15, -0.1) is 0 Å². The fraction of sp³-hybridized carbons (Fsp3) is 0.350. The number of furan rings is 1. The summed E-state index contributed by atoms with van der Waals surface area (Å²) in [6.45, 7) is 6.81. The molecular formula is C20H20N2O. The minimum atomic E-state index is 0.235. The Morgan fingerprint density at radius 3 is 2.96 bits per heavy atom. The maximum absolute atomic E-state index is 5.93. The van der Waals surface area contributed by atoms with Crippen LogP contribution in [0.3, 0.4) is 0 Å². The van der Waals surface area contributed by atoms with Crippen molar-refractivity contribution in [1.82, 2.24) is 9.97 Å². The summed E-state index contributed by atoms with van der Waals surface area (Å²) in [5.41, 5.74) is 7.52. The minimum absolute atomic E-state index is 0.235. The van der Waals surface area contributed by atoms with Gasteiger partial charge in [0.1, 0.15) is 5.58 Å². The lowest BCUT2D eigenvalue weighted by Crippen LogP contribution is -2.23. The van der Waals surface area contributed by atoms with Crippen LogP contribution >= 0.6 is 0 Å². The first-order valence-electron chi connectivity index (χ1n) is 8.37. The van der Waals surface area contributed by atoms with Gasteiger partial charge >= 0.3 is 0 Å². The molecule has 2 aromatic carbocycles. The summed E-state index contributed by atoms with van der Waals surface area (Å²) in [5, 5.41) is 3.65. The van der Waals surface area contributed by atoms with Crippen LogP contribution in [0.25, 0.3) is 32.8 Å². The molecule has 0 saturated carbocycles. The van der Waals surface area contributed by atoms with Crippen LogP contribution in [0, 0.1) is 6.92 Å². The van der Waals surface area contributed by atoms with Gasteiger partial charge in [0.2, 0.25) is 0 Å². The SMILES string of the molecule is Cc1coc2c3ccc4c(c3c3nc[nH]c3c12)CCCC4(C)C. The average molecular weight is 304 g/mol. The maximum atomic E-state index is 5.93. The molecule has 3 heteroatoms. The first-order chi connectivity index (χ1) is 11.1. The number of rotatable bonds is 0. The van der Waals surface area contributed by atoms with Crippen molar-refractivity contribution >= 4 is 32.8 Å². The summed E-state index contributed by atoms with van der Waals surface area (Å²) < 4.78 is 5.93. The Labute approximate surface area is 134 Å². The number of aryl methyl sites for hydroxylation is 2. The third-order valence-corrected chi connectivity index (χ3v) is 5.62. The van der Waals surface area contributed by atoms with E-state index < -0.39 is 0 Å². The lowest BCUT2D eigenvalue weighted by atomic mass is 9.71. The maximum Gasteiger partial charge on any atom is 0.144 e. The largest absolute Gasteiger partial charge is 0.463 e. The summed E-state index contributed by atoms with van der Waals surface area (Å²) in [6, 6.07) is 4.55. The van der Waals surface area contributed by atoms with Gasteiger partial charge < -0.3 is 9.40 Å². The number of hydrogen-bond acceptors (Lipinski definition) is 2. The van der Waals surface area contributed by atoms with Crippen molar-refractivity contribution in [3.8, 4) is 0 Å². The monoisotopic (exact) mass is 304 g/mol. The van der Waals surface area contributed by atoms with Crippen LogP contribution in [0.4, 0.5) is 0 Å². The zero-order valence-electron chi connectivity index (χ0n) is 13.8. The van der Waals surface area contributed by atoms with Crippen molar-refractivity contribution in [2.45, 2.75) is 45.4 Å². The average Bonchev–Trinajstić information content (AvgIpc) is 3.13. The standard InChI is InChI=1S/C20H20N2O/c1-11-9-23-19-13-6-7-14-12(5-4-8-20(14,2)3)16(13)18-17(15(11)19)21-10-22-18/h6-7,9-10H,4-5,8H2,1-3H3,(H,21,22). The number of aromatic nitrogens is 2. The second-order valence-electron chi connectivity index (χ2n) is 7.50. The molecule has 0 spiro atoms. The van der Waals surface area contributed by atoms with Gasteiger partial charge in [-0.3, -0.25) is 0 Å². The fourth-order valence-corrected chi connectivity index (χ4v) is 4.47. The van der Waals surface area contributed by atoms with Gasteiger partial charge in [0.25, 0.3) is 0 Å². The van der Waals surface area contributed by atoms with Gasteiger partial charge in [-0.2, -0.15) is 0 Å². The number of imidazole rings is 1. The predicted octanol–water partition coefficient (Wildman–Crippen LogP) is 5.38. The first kappa shape index (κ1) is 13.2. The molecule has 116 valence electrons. The zero-order valence-corrected chi connectivity index (χ0v) is 13.8. The summed E-state index contributed by atoms with van der Waals surface area (Å²) in [4.78, 5) is 8.01. The summed E-state index contributed by atoms with van der Waals surface area (Å²) in [5.74, 6) is 0. The molecule has 0 atom stereocenters. The molecule has 5 rings (SSSR count). The second-order valence-corrected chi connectivity index (χ2v) is 7.50. The molecule has 0 fully saturated rings. The van der Waals surface area contributed by atoms with E-state index in [1.54, 1.807) is 0 Å². The van der Waals surface area contributed by atoms with Gasteiger partial charge in [0, 0.05) is 16.2 Å². The summed E-state index contributed by atoms with van der Waals surface area (Å²) in [7, 11) is 0. The highest BCUT2D eigenvalue weighted by Crippen LogP contribution is 2.44. The van der Waals surface area contributed by atoms with E-state index in [4.69, 9.17) is 4.42 Å². The lowest BCUT2D eigenvalue weighted by molar-refractivity contribution is 0.433. The van der Waals surface area contributed by atoms with Gasteiger partial charge in [-0.05, 0) is 48.3 Å². The summed E-state index contributed by atoms with van der Waals surface area (Å²) in [6.07, 6.45) is 7.28. The molecule has 0 radical (unpaired) electrons. The van der Waals surface area contributed by atoms with E-state index in [2.05, 4.69) is 42.9 Å². The van der Waals surface area contributed by atoms with Crippen LogP contribution in [-0.2, 0) is 11.8 Å². The van der Waals surface area contributed by atoms with Gasteiger partial charge in [-0.1, -0.05) is 26.0 Å². The molecular weight excluding hydrogens is 284 g/mol. The van der Waals surface area contributed by atoms with Crippen molar-refractivity contribution < 1.29 is 4.42 Å². The third kappa shape index (κ3) is 1.57. The highest BCUT2D eigenvalue weighted by atomic mass is 16.3. The van der Waals surface area contributed by atoms with Gasteiger partial charge in [-0.25, -0.2) is 4.98 Å². The van der Waals surface area contributed by atoms with Crippen LogP contribution in [0.5, 0.6) is 0 Å². The first-order valence-corrected chi connectivity index (χ1v) is 8.37. The third-order valence-electron chi connectivity index (χ3n) is 5.62. The van der Waals surface area contributed by atoms with Gasteiger partial charge in [0.15, 0.2) is 0 Å². The topological polar surface area (TPSA) is 41.8 Å². The van der Waals surface area contributed by atoms with E-state index >= 15 is 0 Å². The van der Waals surface area contributed by atoms with Crippen molar-refractivity contribution in [2.24, 2.45) is 0 Å². The van der Waals surface area contributed by atoms with Crippen LogP contribution in [0.2, 0.25) is 0 Å². The van der Waals surface area contributed by atoms with Crippen LogP contribution in [0.1, 0.15) is 43.4 Å². The van der Waals surface area contributed by atoms with Gasteiger partial charge in [0.05, 0.1) is 23.6 Å².